The molecule has 0 aromatic rings. The van der Waals surface area contributed by atoms with Crippen LogP contribution in [0.15, 0.2) is 0 Å². The van der Waals surface area contributed by atoms with E-state index in [2.05, 4.69) is 20.8 Å². The molecule has 0 aromatic heterocycles. The van der Waals surface area contributed by atoms with Crippen molar-refractivity contribution in [2.75, 3.05) is 0 Å². The Kier molecular flexibility index (Phi) is 38.0. The molecule has 0 aromatic carbocycles. The first-order chi connectivity index (χ1) is 20.3. The molecule has 0 aliphatic rings. The highest BCUT2D eigenvalue weighted by atomic mass is 14.1. The Hall–Kier alpha value is 0. The van der Waals surface area contributed by atoms with E-state index in [9.17, 15) is 0 Å². The van der Waals surface area contributed by atoms with Crippen molar-refractivity contribution in [2.24, 2.45) is 5.92 Å². The van der Waals surface area contributed by atoms with E-state index in [0.717, 1.165) is 5.92 Å². The fourth-order valence-corrected chi connectivity index (χ4v) is 6.89. The van der Waals surface area contributed by atoms with Gasteiger partial charge in [-0.05, 0) is 5.92 Å². The van der Waals surface area contributed by atoms with E-state index >= 15 is 0 Å². The minimum absolute atomic E-state index is 1.04. The highest BCUT2D eigenvalue weighted by molar-refractivity contribution is 4.62. The summed E-state index contributed by atoms with van der Waals surface area (Å²) >= 11 is 0. The van der Waals surface area contributed by atoms with Gasteiger partial charge in [-0.25, -0.2) is 0 Å². The SMILES string of the molecule is CCCCCCCCCCCCCCCCCCCC(CCCC)CCCCCCCCCCCCCCCCC. The largest absolute Gasteiger partial charge is 0.0654 e. The number of hydrogen-bond acceptors (Lipinski definition) is 0. The van der Waals surface area contributed by atoms with E-state index in [1.165, 1.54) is 238 Å². The van der Waals surface area contributed by atoms with Crippen LogP contribution >= 0.6 is 0 Å². The molecule has 248 valence electrons. The van der Waals surface area contributed by atoms with Crippen LogP contribution in [-0.4, -0.2) is 0 Å². The zero-order valence-corrected chi connectivity index (χ0v) is 29.7. The highest BCUT2D eigenvalue weighted by Crippen LogP contribution is 2.24. The molecular weight excluding hydrogens is 492 g/mol. The van der Waals surface area contributed by atoms with Crippen LogP contribution in [0.4, 0.5) is 0 Å². The second-order valence-corrected chi connectivity index (χ2v) is 14.2. The van der Waals surface area contributed by atoms with Crippen molar-refractivity contribution in [1.82, 2.24) is 0 Å². The summed E-state index contributed by atoms with van der Waals surface area (Å²) in [5.41, 5.74) is 0. The zero-order valence-electron chi connectivity index (χ0n) is 29.7. The summed E-state index contributed by atoms with van der Waals surface area (Å²) in [4.78, 5) is 0. The molecule has 1 unspecified atom stereocenters. The molecule has 0 heteroatoms. The summed E-state index contributed by atoms with van der Waals surface area (Å²) in [5.74, 6) is 1.04. The van der Waals surface area contributed by atoms with Crippen LogP contribution in [-0.2, 0) is 0 Å². The Bertz CT molecular complexity index is 426. The third kappa shape index (κ3) is 36.1. The average molecular weight is 577 g/mol. The summed E-state index contributed by atoms with van der Waals surface area (Å²) in [6.45, 7) is 7.00. The normalized spacial score (nSPS) is 12.4. The van der Waals surface area contributed by atoms with E-state index in [4.69, 9.17) is 0 Å². The van der Waals surface area contributed by atoms with Gasteiger partial charge in [0.15, 0.2) is 0 Å². The second kappa shape index (κ2) is 38.0. The van der Waals surface area contributed by atoms with Gasteiger partial charge in [0, 0.05) is 0 Å². The monoisotopic (exact) mass is 577 g/mol. The molecule has 41 heavy (non-hydrogen) atoms. The van der Waals surface area contributed by atoms with Crippen molar-refractivity contribution in [3.8, 4) is 0 Å². The van der Waals surface area contributed by atoms with Gasteiger partial charge in [0.2, 0.25) is 0 Å². The van der Waals surface area contributed by atoms with E-state index in [1.807, 2.05) is 0 Å². The lowest BCUT2D eigenvalue weighted by molar-refractivity contribution is 0.370. The third-order valence-electron chi connectivity index (χ3n) is 9.90. The van der Waals surface area contributed by atoms with Crippen LogP contribution in [0.1, 0.15) is 258 Å². The third-order valence-corrected chi connectivity index (χ3v) is 9.90. The molecule has 0 spiro atoms. The van der Waals surface area contributed by atoms with Gasteiger partial charge in [0.1, 0.15) is 0 Å². The van der Waals surface area contributed by atoms with Gasteiger partial charge < -0.3 is 0 Å². The van der Waals surface area contributed by atoms with Crippen molar-refractivity contribution in [3.05, 3.63) is 0 Å². The molecule has 0 bridgehead atoms. The topological polar surface area (TPSA) is 0 Å². The van der Waals surface area contributed by atoms with Gasteiger partial charge in [-0.3, -0.25) is 0 Å². The molecule has 0 aliphatic heterocycles. The predicted octanol–water partition coefficient (Wildman–Crippen LogP) is 16.1. The Morgan fingerprint density at radius 2 is 0.366 bits per heavy atom. The minimum Gasteiger partial charge on any atom is -0.0654 e. The molecular formula is C41H84. The minimum atomic E-state index is 1.04. The summed E-state index contributed by atoms with van der Waals surface area (Å²) in [6, 6.07) is 0. The van der Waals surface area contributed by atoms with E-state index in [-0.39, 0.29) is 0 Å². The molecule has 0 N–H and O–H groups in total. The first kappa shape index (κ1) is 41.0. The predicted molar refractivity (Wildman–Crippen MR) is 191 cm³/mol. The van der Waals surface area contributed by atoms with Gasteiger partial charge >= 0.3 is 0 Å². The van der Waals surface area contributed by atoms with Crippen LogP contribution in [0.5, 0.6) is 0 Å². The first-order valence-corrected chi connectivity index (χ1v) is 20.3. The van der Waals surface area contributed by atoms with Crippen LogP contribution in [0.3, 0.4) is 0 Å². The number of rotatable bonds is 37. The summed E-state index contributed by atoms with van der Waals surface area (Å²) < 4.78 is 0. The van der Waals surface area contributed by atoms with Gasteiger partial charge in [0.25, 0.3) is 0 Å². The maximum atomic E-state index is 2.38. The van der Waals surface area contributed by atoms with Gasteiger partial charge in [-0.15, -0.1) is 0 Å². The molecule has 0 fully saturated rings. The van der Waals surface area contributed by atoms with E-state index in [0.29, 0.717) is 0 Å². The van der Waals surface area contributed by atoms with Gasteiger partial charge in [-0.2, -0.15) is 0 Å². The average Bonchev–Trinajstić information content (AvgIpc) is 2.98. The summed E-state index contributed by atoms with van der Waals surface area (Å²) in [6.07, 6.45) is 54.8. The lowest BCUT2D eigenvalue weighted by Crippen LogP contribution is -2.01. The fourth-order valence-electron chi connectivity index (χ4n) is 6.89. The van der Waals surface area contributed by atoms with E-state index < -0.39 is 0 Å². The molecule has 0 heterocycles. The van der Waals surface area contributed by atoms with Crippen LogP contribution in [0.2, 0.25) is 0 Å². The van der Waals surface area contributed by atoms with Crippen molar-refractivity contribution >= 4 is 0 Å². The first-order valence-electron chi connectivity index (χ1n) is 20.3. The Morgan fingerprint density at radius 1 is 0.195 bits per heavy atom. The zero-order chi connectivity index (χ0) is 29.7. The Morgan fingerprint density at radius 3 is 0.585 bits per heavy atom. The van der Waals surface area contributed by atoms with Crippen molar-refractivity contribution < 1.29 is 0 Å². The lowest BCUT2D eigenvalue weighted by Gasteiger charge is -2.16. The van der Waals surface area contributed by atoms with E-state index in [1.54, 1.807) is 0 Å². The van der Waals surface area contributed by atoms with Crippen LogP contribution < -0.4 is 0 Å². The quantitative estimate of drug-likeness (QED) is 0.0645. The molecule has 0 aliphatic carbocycles. The molecule has 0 saturated carbocycles. The number of hydrogen-bond donors (Lipinski definition) is 0. The maximum absolute atomic E-state index is 2.38. The highest BCUT2D eigenvalue weighted by Gasteiger charge is 2.08. The lowest BCUT2D eigenvalue weighted by atomic mass is 9.90. The van der Waals surface area contributed by atoms with Gasteiger partial charge in [-0.1, -0.05) is 258 Å². The molecule has 0 rings (SSSR count). The van der Waals surface area contributed by atoms with Crippen LogP contribution in [0, 0.1) is 5.92 Å². The van der Waals surface area contributed by atoms with Gasteiger partial charge in [0.05, 0.1) is 0 Å². The number of unbranched alkanes of at least 4 members (excludes halogenated alkanes) is 31. The molecule has 0 saturated heterocycles. The molecule has 0 radical (unpaired) electrons. The standard InChI is InChI=1S/C41H84/c1-4-7-10-12-14-16-18-20-22-23-25-27-29-31-33-35-37-40-41(38-9-6-3)39-36-34-32-30-28-26-24-21-19-17-15-13-11-8-5-2/h41H,4-40H2,1-3H3. The van der Waals surface area contributed by atoms with Crippen LogP contribution in [0.25, 0.3) is 0 Å². The molecule has 0 nitrogen and oxygen atoms in total. The smallest absolute Gasteiger partial charge is 0.0414 e. The summed E-state index contributed by atoms with van der Waals surface area (Å²) in [7, 11) is 0. The molecule has 0 amide bonds. The second-order valence-electron chi connectivity index (χ2n) is 14.2. The van der Waals surface area contributed by atoms with Crippen molar-refractivity contribution in [2.45, 2.75) is 258 Å². The fraction of sp³-hybridized carbons (Fsp3) is 1.00. The van der Waals surface area contributed by atoms with Crippen molar-refractivity contribution in [1.29, 1.82) is 0 Å². The Balaban J connectivity index is 3.44. The Labute approximate surface area is 263 Å². The summed E-state index contributed by atoms with van der Waals surface area (Å²) in [5, 5.41) is 0. The molecule has 1 atom stereocenters. The van der Waals surface area contributed by atoms with Crippen molar-refractivity contribution in [3.63, 3.8) is 0 Å². The maximum Gasteiger partial charge on any atom is -0.0414 e.